The second-order valence-electron chi connectivity index (χ2n) is 4.67. The lowest BCUT2D eigenvalue weighted by molar-refractivity contribution is 0.139. The predicted octanol–water partition coefficient (Wildman–Crippen LogP) is 1.86. The minimum Gasteiger partial charge on any atom is -0.393 e. The highest BCUT2D eigenvalue weighted by molar-refractivity contribution is 7.99. The summed E-state index contributed by atoms with van der Waals surface area (Å²) in [4.78, 5) is 0. The van der Waals surface area contributed by atoms with Crippen LogP contribution < -0.4 is 0 Å². The molecule has 0 amide bonds. The molecule has 16 heavy (non-hydrogen) atoms. The second kappa shape index (κ2) is 5.73. The van der Waals surface area contributed by atoms with E-state index in [0.29, 0.717) is 0 Å². The first kappa shape index (κ1) is 12.0. The first-order valence-electron chi connectivity index (χ1n) is 5.97. The third-order valence-electron chi connectivity index (χ3n) is 3.18. The molecule has 90 valence electrons. The zero-order valence-electron chi connectivity index (χ0n) is 9.80. The van der Waals surface area contributed by atoms with Gasteiger partial charge in [0, 0.05) is 19.7 Å². The Bertz CT molecular complexity index is 321. The van der Waals surface area contributed by atoms with E-state index in [1.54, 1.807) is 4.68 Å². The van der Waals surface area contributed by atoms with Crippen LogP contribution in [-0.2, 0) is 13.5 Å². The molecule has 1 atom stereocenters. The lowest BCUT2D eigenvalue weighted by Gasteiger charge is -2.23. The van der Waals surface area contributed by atoms with Crippen LogP contribution in [0.4, 0.5) is 0 Å². The Morgan fingerprint density at radius 2 is 2.31 bits per heavy atom. The lowest BCUT2D eigenvalue weighted by Crippen LogP contribution is -2.19. The van der Waals surface area contributed by atoms with Gasteiger partial charge in [0.2, 0.25) is 0 Å². The van der Waals surface area contributed by atoms with E-state index in [2.05, 4.69) is 5.10 Å². The molecule has 4 heteroatoms. The highest BCUT2D eigenvalue weighted by Crippen LogP contribution is 2.26. The maximum absolute atomic E-state index is 10.0. The van der Waals surface area contributed by atoms with Crippen LogP contribution in [0.25, 0.3) is 0 Å². The normalized spacial score (nSPS) is 19.9. The molecule has 2 heterocycles. The Balaban J connectivity index is 1.77. The summed E-state index contributed by atoms with van der Waals surface area (Å²) < 4.78 is 1.79. The van der Waals surface area contributed by atoms with Crippen molar-refractivity contribution in [2.45, 2.75) is 31.8 Å². The zero-order chi connectivity index (χ0) is 11.4. The van der Waals surface area contributed by atoms with Crippen LogP contribution in [-0.4, -0.2) is 32.5 Å². The third-order valence-corrected chi connectivity index (χ3v) is 4.22. The maximum Gasteiger partial charge on any atom is 0.0584 e. The van der Waals surface area contributed by atoms with E-state index in [4.69, 9.17) is 0 Å². The number of aryl methyl sites for hydroxylation is 1. The van der Waals surface area contributed by atoms with Crippen molar-refractivity contribution in [1.82, 2.24) is 9.78 Å². The van der Waals surface area contributed by atoms with Gasteiger partial charge in [-0.2, -0.15) is 16.9 Å². The average molecular weight is 240 g/mol. The summed E-state index contributed by atoms with van der Waals surface area (Å²) in [6.07, 6.45) is 7.88. The van der Waals surface area contributed by atoms with Crippen LogP contribution in [0.3, 0.4) is 0 Å². The summed E-state index contributed by atoms with van der Waals surface area (Å²) in [5, 5.41) is 14.1. The van der Waals surface area contributed by atoms with Gasteiger partial charge < -0.3 is 5.11 Å². The molecular formula is C12H20N2OS. The molecule has 1 aromatic rings. The van der Waals surface area contributed by atoms with Gasteiger partial charge in [-0.1, -0.05) is 0 Å². The van der Waals surface area contributed by atoms with E-state index in [-0.39, 0.29) is 6.10 Å². The predicted molar refractivity (Wildman–Crippen MR) is 67.6 cm³/mol. The molecule has 1 fully saturated rings. The fourth-order valence-electron chi connectivity index (χ4n) is 2.30. The molecular weight excluding hydrogens is 220 g/mol. The van der Waals surface area contributed by atoms with Gasteiger partial charge in [-0.25, -0.2) is 0 Å². The van der Waals surface area contributed by atoms with Crippen LogP contribution in [0.15, 0.2) is 12.4 Å². The summed E-state index contributed by atoms with van der Waals surface area (Å²) in [7, 11) is 1.91. The average Bonchev–Trinajstić information content (AvgIpc) is 2.65. The number of aromatic nitrogens is 2. The number of aliphatic hydroxyl groups is 1. The van der Waals surface area contributed by atoms with Crippen LogP contribution in [0.5, 0.6) is 0 Å². The number of rotatable bonds is 4. The molecule has 0 aromatic carbocycles. The lowest BCUT2D eigenvalue weighted by atomic mass is 9.93. The molecule has 1 saturated heterocycles. The number of aliphatic hydroxyl groups excluding tert-OH is 1. The Kier molecular flexibility index (Phi) is 4.29. The Morgan fingerprint density at radius 1 is 1.56 bits per heavy atom. The molecule has 1 N–H and O–H groups in total. The van der Waals surface area contributed by atoms with Crippen molar-refractivity contribution in [3.63, 3.8) is 0 Å². The number of nitrogens with zero attached hydrogens (tertiary/aromatic N) is 2. The first-order valence-corrected chi connectivity index (χ1v) is 7.13. The Hall–Kier alpha value is -0.480. The van der Waals surface area contributed by atoms with E-state index >= 15 is 0 Å². The first-order chi connectivity index (χ1) is 7.74. The molecule has 2 rings (SSSR count). The van der Waals surface area contributed by atoms with Gasteiger partial charge in [0.05, 0.1) is 12.3 Å². The minimum absolute atomic E-state index is 0.197. The summed E-state index contributed by atoms with van der Waals surface area (Å²) in [6, 6.07) is 0. The summed E-state index contributed by atoms with van der Waals surface area (Å²) in [5.41, 5.74) is 1.14. The van der Waals surface area contributed by atoms with E-state index in [1.165, 1.54) is 24.3 Å². The topological polar surface area (TPSA) is 38.0 Å². The van der Waals surface area contributed by atoms with Gasteiger partial charge >= 0.3 is 0 Å². The van der Waals surface area contributed by atoms with E-state index < -0.39 is 0 Å². The second-order valence-corrected chi connectivity index (χ2v) is 5.90. The molecule has 0 spiro atoms. The molecule has 0 saturated carbocycles. The van der Waals surface area contributed by atoms with Gasteiger partial charge in [0.1, 0.15) is 0 Å². The SMILES string of the molecule is Cn1cc(CC(O)CC2CCSCC2)cn1. The van der Waals surface area contributed by atoms with E-state index in [0.717, 1.165) is 24.3 Å². The molecule has 0 radical (unpaired) electrons. The highest BCUT2D eigenvalue weighted by Gasteiger charge is 2.18. The van der Waals surface area contributed by atoms with E-state index in [1.807, 2.05) is 31.2 Å². The summed E-state index contributed by atoms with van der Waals surface area (Å²) >= 11 is 2.04. The van der Waals surface area contributed by atoms with Crippen molar-refractivity contribution in [3.05, 3.63) is 18.0 Å². The summed E-state index contributed by atoms with van der Waals surface area (Å²) in [6.45, 7) is 0. The molecule has 1 aliphatic rings. The molecule has 3 nitrogen and oxygen atoms in total. The number of thioether (sulfide) groups is 1. The van der Waals surface area contributed by atoms with Gasteiger partial charge in [0.25, 0.3) is 0 Å². The van der Waals surface area contributed by atoms with Crippen molar-refractivity contribution in [3.8, 4) is 0 Å². The minimum atomic E-state index is -0.197. The number of hydrogen-bond acceptors (Lipinski definition) is 3. The van der Waals surface area contributed by atoms with Crippen molar-refractivity contribution < 1.29 is 5.11 Å². The van der Waals surface area contributed by atoms with Crippen molar-refractivity contribution in [2.75, 3.05) is 11.5 Å². The van der Waals surface area contributed by atoms with Crippen LogP contribution in [0, 0.1) is 5.92 Å². The van der Waals surface area contributed by atoms with Crippen molar-refractivity contribution in [2.24, 2.45) is 13.0 Å². The maximum atomic E-state index is 10.0. The largest absolute Gasteiger partial charge is 0.393 e. The zero-order valence-corrected chi connectivity index (χ0v) is 10.6. The fourth-order valence-corrected chi connectivity index (χ4v) is 3.50. The summed E-state index contributed by atoms with van der Waals surface area (Å²) in [5.74, 6) is 3.27. The van der Waals surface area contributed by atoms with Crippen LogP contribution in [0.2, 0.25) is 0 Å². The van der Waals surface area contributed by atoms with Gasteiger partial charge in [0.15, 0.2) is 0 Å². The van der Waals surface area contributed by atoms with Gasteiger partial charge in [-0.3, -0.25) is 4.68 Å². The highest BCUT2D eigenvalue weighted by atomic mass is 32.2. The molecule has 1 aliphatic heterocycles. The third kappa shape index (κ3) is 3.52. The van der Waals surface area contributed by atoms with Gasteiger partial charge in [-0.05, 0) is 42.2 Å². The Morgan fingerprint density at radius 3 is 2.94 bits per heavy atom. The van der Waals surface area contributed by atoms with Crippen molar-refractivity contribution >= 4 is 11.8 Å². The monoisotopic (exact) mass is 240 g/mol. The molecule has 1 unspecified atom stereocenters. The van der Waals surface area contributed by atoms with Crippen LogP contribution >= 0.6 is 11.8 Å². The van der Waals surface area contributed by atoms with E-state index in [9.17, 15) is 5.11 Å². The molecule has 1 aromatic heterocycles. The van der Waals surface area contributed by atoms with Crippen molar-refractivity contribution in [1.29, 1.82) is 0 Å². The molecule has 0 aliphatic carbocycles. The smallest absolute Gasteiger partial charge is 0.0584 e. The Labute approximate surface area is 101 Å². The van der Waals surface area contributed by atoms with Crippen LogP contribution in [0.1, 0.15) is 24.8 Å². The fraction of sp³-hybridized carbons (Fsp3) is 0.750. The quantitative estimate of drug-likeness (QED) is 0.873. The number of hydrogen-bond donors (Lipinski definition) is 1. The van der Waals surface area contributed by atoms with Gasteiger partial charge in [-0.15, -0.1) is 0 Å². The molecule has 0 bridgehead atoms. The standard InChI is InChI=1S/C12H20N2OS/c1-14-9-11(8-13-14)7-12(15)6-10-2-4-16-5-3-10/h8-10,12,15H,2-7H2,1H3.